The minimum absolute atomic E-state index is 0.168. The van der Waals surface area contributed by atoms with Gasteiger partial charge < -0.3 is 4.74 Å². The number of anilines is 1. The van der Waals surface area contributed by atoms with E-state index in [9.17, 15) is 13.2 Å². The van der Waals surface area contributed by atoms with Crippen LogP contribution < -0.4 is 20.3 Å². The molecule has 0 atom stereocenters. The van der Waals surface area contributed by atoms with Crippen LogP contribution in [-0.2, 0) is 14.8 Å². The normalized spacial score (nSPS) is 10.9. The summed E-state index contributed by atoms with van der Waals surface area (Å²) in [5.74, 6) is 4.58. The fourth-order valence-corrected chi connectivity index (χ4v) is 2.43. The van der Waals surface area contributed by atoms with Crippen LogP contribution in [0.3, 0.4) is 0 Å². The Balaban J connectivity index is 3.32. The zero-order chi connectivity index (χ0) is 14.6. The summed E-state index contributed by atoms with van der Waals surface area (Å²) in [6.45, 7) is -0.466. The molecule has 1 aromatic rings. The number of carbonyl (C=O) groups excluding carboxylic acids is 1. The number of hydrogen-bond donors (Lipinski definition) is 2. The summed E-state index contributed by atoms with van der Waals surface area (Å²) >= 11 is 5.84. The van der Waals surface area contributed by atoms with Gasteiger partial charge in [0.05, 0.1) is 19.1 Å². The van der Waals surface area contributed by atoms with Gasteiger partial charge in [-0.1, -0.05) is 11.6 Å². The van der Waals surface area contributed by atoms with Crippen molar-refractivity contribution in [3.05, 3.63) is 23.2 Å². The minimum atomic E-state index is -3.69. The molecule has 9 heteroatoms. The molecule has 1 aromatic carbocycles. The molecule has 7 nitrogen and oxygen atoms in total. The molecule has 1 amide bonds. The van der Waals surface area contributed by atoms with Crippen molar-refractivity contribution in [3.8, 4) is 5.75 Å². The molecule has 0 spiro atoms. The zero-order valence-corrected chi connectivity index (χ0v) is 12.0. The Hall–Kier alpha value is -1.51. The summed E-state index contributed by atoms with van der Waals surface area (Å²) in [5.41, 5.74) is 2.04. The van der Waals surface area contributed by atoms with Crippen LogP contribution in [0.25, 0.3) is 0 Å². The highest BCUT2D eigenvalue weighted by Gasteiger charge is 2.23. The maximum Gasteiger partial charge on any atom is 0.254 e. The van der Waals surface area contributed by atoms with Crippen molar-refractivity contribution in [1.29, 1.82) is 0 Å². The first kappa shape index (κ1) is 15.5. The van der Waals surface area contributed by atoms with E-state index >= 15 is 0 Å². The van der Waals surface area contributed by atoms with E-state index in [1.165, 1.54) is 19.2 Å². The Morgan fingerprint density at radius 3 is 2.63 bits per heavy atom. The van der Waals surface area contributed by atoms with E-state index < -0.39 is 22.5 Å². The minimum Gasteiger partial charge on any atom is -0.495 e. The number of benzene rings is 1. The standard InChI is InChI=1S/C10H14ClN3O4S/c1-18-9-4-3-7(11)5-8(9)14(19(2,16)17)6-10(15)13-12/h3-5H,6,12H2,1-2H3,(H,13,15). The molecule has 0 aromatic heterocycles. The van der Waals surface area contributed by atoms with E-state index in [4.69, 9.17) is 22.2 Å². The molecule has 3 N–H and O–H groups in total. The fourth-order valence-electron chi connectivity index (χ4n) is 1.42. The van der Waals surface area contributed by atoms with Gasteiger partial charge in [0.1, 0.15) is 12.3 Å². The Labute approximate surface area is 116 Å². The number of ether oxygens (including phenoxy) is 1. The summed E-state index contributed by atoms with van der Waals surface area (Å²) in [7, 11) is -2.31. The fraction of sp³-hybridized carbons (Fsp3) is 0.300. The first-order chi connectivity index (χ1) is 8.79. The van der Waals surface area contributed by atoms with Gasteiger partial charge in [-0.25, -0.2) is 14.3 Å². The number of halogens is 1. The lowest BCUT2D eigenvalue weighted by atomic mass is 10.3. The first-order valence-electron chi connectivity index (χ1n) is 5.10. The predicted octanol–water partition coefficient (Wildman–Crippen LogP) is 0.105. The number of nitrogens with two attached hydrogens (primary N) is 1. The quantitative estimate of drug-likeness (QED) is 0.456. The Morgan fingerprint density at radius 1 is 1.53 bits per heavy atom. The van der Waals surface area contributed by atoms with Crippen LogP contribution >= 0.6 is 11.6 Å². The molecule has 106 valence electrons. The number of rotatable bonds is 5. The largest absolute Gasteiger partial charge is 0.495 e. The molecule has 0 aliphatic rings. The molecule has 0 saturated carbocycles. The third kappa shape index (κ3) is 3.98. The Bertz CT molecular complexity index is 576. The average molecular weight is 308 g/mol. The molecule has 0 fully saturated rings. The van der Waals surface area contributed by atoms with E-state index in [1.54, 1.807) is 6.07 Å². The van der Waals surface area contributed by atoms with Crippen LogP contribution in [0.1, 0.15) is 0 Å². The first-order valence-corrected chi connectivity index (χ1v) is 7.33. The van der Waals surface area contributed by atoms with Gasteiger partial charge in [0.15, 0.2) is 0 Å². The van der Waals surface area contributed by atoms with Crippen LogP contribution in [0, 0.1) is 0 Å². The third-order valence-electron chi connectivity index (χ3n) is 2.26. The summed E-state index contributed by atoms with van der Waals surface area (Å²) < 4.78 is 29.5. The molecule has 0 unspecified atom stereocenters. The molecule has 0 bridgehead atoms. The second-order valence-electron chi connectivity index (χ2n) is 3.65. The van der Waals surface area contributed by atoms with Gasteiger partial charge >= 0.3 is 0 Å². The van der Waals surface area contributed by atoms with E-state index in [0.717, 1.165) is 10.6 Å². The topological polar surface area (TPSA) is 102 Å². The second-order valence-corrected chi connectivity index (χ2v) is 6.00. The molecule has 0 aliphatic carbocycles. The summed E-state index contributed by atoms with van der Waals surface area (Å²) in [6.07, 6.45) is 0.969. The molecule has 0 radical (unpaired) electrons. The summed E-state index contributed by atoms with van der Waals surface area (Å²) in [6, 6.07) is 4.45. The van der Waals surface area contributed by atoms with Crippen molar-refractivity contribution in [1.82, 2.24) is 5.43 Å². The third-order valence-corrected chi connectivity index (χ3v) is 3.62. The zero-order valence-electron chi connectivity index (χ0n) is 10.4. The summed E-state index contributed by atoms with van der Waals surface area (Å²) in [4.78, 5) is 11.3. The van der Waals surface area contributed by atoms with Crippen molar-refractivity contribution in [2.75, 3.05) is 24.2 Å². The summed E-state index contributed by atoms with van der Waals surface area (Å²) in [5, 5.41) is 0.317. The number of methoxy groups -OCH3 is 1. The van der Waals surface area contributed by atoms with Gasteiger partial charge in [-0.2, -0.15) is 0 Å². The number of sulfonamides is 1. The number of nitrogens with one attached hydrogen (secondary N) is 1. The maximum absolute atomic E-state index is 11.8. The van der Waals surface area contributed by atoms with Gasteiger partial charge in [0.25, 0.3) is 5.91 Å². The van der Waals surface area contributed by atoms with Crippen LogP contribution in [-0.4, -0.2) is 34.2 Å². The highest BCUT2D eigenvalue weighted by atomic mass is 35.5. The van der Waals surface area contributed by atoms with Crippen molar-refractivity contribution >= 4 is 33.2 Å². The van der Waals surface area contributed by atoms with Crippen molar-refractivity contribution in [2.24, 2.45) is 5.84 Å². The highest BCUT2D eigenvalue weighted by Crippen LogP contribution is 2.32. The number of carbonyl (C=O) groups is 1. The molecule has 1 rings (SSSR count). The Morgan fingerprint density at radius 2 is 2.16 bits per heavy atom. The van der Waals surface area contributed by atoms with E-state index in [2.05, 4.69) is 0 Å². The molecular formula is C10H14ClN3O4S. The van der Waals surface area contributed by atoms with Crippen LogP contribution in [0.5, 0.6) is 5.75 Å². The SMILES string of the molecule is COc1ccc(Cl)cc1N(CC(=O)NN)S(C)(=O)=O. The lowest BCUT2D eigenvalue weighted by molar-refractivity contribution is -0.119. The second kappa shape index (κ2) is 6.09. The monoisotopic (exact) mass is 307 g/mol. The number of amides is 1. The number of hydrogen-bond acceptors (Lipinski definition) is 5. The molecule has 0 aliphatic heterocycles. The molecule has 0 saturated heterocycles. The number of hydrazine groups is 1. The van der Waals surface area contributed by atoms with Crippen molar-refractivity contribution in [3.63, 3.8) is 0 Å². The lowest BCUT2D eigenvalue weighted by Crippen LogP contribution is -2.42. The van der Waals surface area contributed by atoms with Crippen LogP contribution in [0.2, 0.25) is 5.02 Å². The van der Waals surface area contributed by atoms with Gasteiger partial charge in [0, 0.05) is 5.02 Å². The average Bonchev–Trinajstić information content (AvgIpc) is 2.34. The van der Waals surface area contributed by atoms with Crippen LogP contribution in [0.4, 0.5) is 5.69 Å². The maximum atomic E-state index is 11.8. The smallest absolute Gasteiger partial charge is 0.254 e. The molecule has 0 heterocycles. The Kier molecular flexibility index (Phi) is 4.98. The van der Waals surface area contributed by atoms with E-state index in [1.807, 2.05) is 5.43 Å². The highest BCUT2D eigenvalue weighted by molar-refractivity contribution is 7.92. The lowest BCUT2D eigenvalue weighted by Gasteiger charge is -2.23. The van der Waals surface area contributed by atoms with Gasteiger partial charge in [-0.05, 0) is 18.2 Å². The number of nitrogens with zero attached hydrogens (tertiary/aromatic N) is 1. The van der Waals surface area contributed by atoms with Gasteiger partial charge in [0.2, 0.25) is 10.0 Å². The van der Waals surface area contributed by atoms with Gasteiger partial charge in [-0.3, -0.25) is 14.5 Å². The predicted molar refractivity (Wildman–Crippen MR) is 72.5 cm³/mol. The van der Waals surface area contributed by atoms with E-state index in [0.29, 0.717) is 5.02 Å². The van der Waals surface area contributed by atoms with Crippen molar-refractivity contribution < 1.29 is 17.9 Å². The van der Waals surface area contributed by atoms with Crippen LogP contribution in [0.15, 0.2) is 18.2 Å². The van der Waals surface area contributed by atoms with Gasteiger partial charge in [-0.15, -0.1) is 0 Å². The van der Waals surface area contributed by atoms with E-state index in [-0.39, 0.29) is 11.4 Å². The van der Waals surface area contributed by atoms with Crippen molar-refractivity contribution in [2.45, 2.75) is 0 Å². The molecular weight excluding hydrogens is 294 g/mol. The molecule has 19 heavy (non-hydrogen) atoms.